The van der Waals surface area contributed by atoms with E-state index in [2.05, 4.69) is 0 Å². The van der Waals surface area contributed by atoms with E-state index in [-0.39, 0.29) is 6.10 Å². The molecule has 0 aliphatic carbocycles. The molecule has 4 atom stereocenters. The highest BCUT2D eigenvalue weighted by Gasteiger charge is 2.26. The summed E-state index contributed by atoms with van der Waals surface area (Å²) in [6, 6.07) is 0. The van der Waals surface area contributed by atoms with Crippen LogP contribution >= 0.6 is 0 Å². The summed E-state index contributed by atoms with van der Waals surface area (Å²) in [6.07, 6.45) is -0.788. The standard InChI is InChI=1S/C8H16O4/c1-5(9)3-8-11-6(2)4-7(10)12-8/h5-10H,3-4H2,1-2H3/t5-,6-,7?,8?/m1/s1. The van der Waals surface area contributed by atoms with E-state index in [4.69, 9.17) is 14.6 Å². The number of rotatable bonds is 2. The molecule has 1 heterocycles. The second kappa shape index (κ2) is 4.18. The third kappa shape index (κ3) is 3.06. The Morgan fingerprint density at radius 2 is 2.17 bits per heavy atom. The summed E-state index contributed by atoms with van der Waals surface area (Å²) < 4.78 is 10.4. The lowest BCUT2D eigenvalue weighted by atomic mass is 10.2. The van der Waals surface area contributed by atoms with Crippen molar-refractivity contribution in [1.29, 1.82) is 0 Å². The molecule has 1 saturated heterocycles. The third-order valence-corrected chi connectivity index (χ3v) is 1.76. The molecule has 12 heavy (non-hydrogen) atoms. The van der Waals surface area contributed by atoms with Gasteiger partial charge in [0.05, 0.1) is 12.2 Å². The molecule has 0 aromatic heterocycles. The largest absolute Gasteiger partial charge is 0.393 e. The fourth-order valence-corrected chi connectivity index (χ4v) is 1.25. The molecule has 2 unspecified atom stereocenters. The van der Waals surface area contributed by atoms with Gasteiger partial charge in [-0.05, 0) is 13.8 Å². The van der Waals surface area contributed by atoms with Gasteiger partial charge in [0.25, 0.3) is 0 Å². The fourth-order valence-electron chi connectivity index (χ4n) is 1.25. The minimum atomic E-state index is -0.752. The van der Waals surface area contributed by atoms with Crippen molar-refractivity contribution in [2.45, 2.75) is 51.5 Å². The summed E-state index contributed by atoms with van der Waals surface area (Å²) >= 11 is 0. The van der Waals surface area contributed by atoms with Gasteiger partial charge in [-0.2, -0.15) is 0 Å². The summed E-state index contributed by atoms with van der Waals surface area (Å²) in [6.45, 7) is 3.54. The number of hydrogen-bond acceptors (Lipinski definition) is 4. The molecule has 0 bridgehead atoms. The van der Waals surface area contributed by atoms with Crippen LogP contribution in [0.3, 0.4) is 0 Å². The molecule has 1 aliphatic rings. The second-order valence-corrected chi connectivity index (χ2v) is 3.29. The minimum Gasteiger partial charge on any atom is -0.393 e. The Morgan fingerprint density at radius 1 is 1.50 bits per heavy atom. The first-order valence-electron chi connectivity index (χ1n) is 4.25. The topological polar surface area (TPSA) is 58.9 Å². The molecule has 4 heteroatoms. The summed E-state index contributed by atoms with van der Waals surface area (Å²) in [5, 5.41) is 18.2. The van der Waals surface area contributed by atoms with Gasteiger partial charge < -0.3 is 19.7 Å². The summed E-state index contributed by atoms with van der Waals surface area (Å²) in [5.74, 6) is 0. The monoisotopic (exact) mass is 176 g/mol. The molecule has 1 fully saturated rings. The lowest BCUT2D eigenvalue weighted by molar-refractivity contribution is -0.295. The number of hydrogen-bond donors (Lipinski definition) is 2. The predicted octanol–water partition coefficient (Wildman–Crippen LogP) is 0.227. The van der Waals surface area contributed by atoms with Crippen molar-refractivity contribution in [3.05, 3.63) is 0 Å². The van der Waals surface area contributed by atoms with Crippen LogP contribution in [-0.4, -0.2) is 35.0 Å². The minimum absolute atomic E-state index is 0.00231. The Labute approximate surface area is 72.1 Å². The van der Waals surface area contributed by atoms with Gasteiger partial charge in [0.2, 0.25) is 0 Å². The van der Waals surface area contributed by atoms with Crippen LogP contribution in [0, 0.1) is 0 Å². The van der Waals surface area contributed by atoms with Crippen LogP contribution in [0.5, 0.6) is 0 Å². The van der Waals surface area contributed by atoms with Gasteiger partial charge in [-0.1, -0.05) is 0 Å². The molecule has 1 aliphatic heterocycles. The zero-order chi connectivity index (χ0) is 9.14. The van der Waals surface area contributed by atoms with Crippen molar-refractivity contribution in [1.82, 2.24) is 0 Å². The molecule has 72 valence electrons. The van der Waals surface area contributed by atoms with Crippen LogP contribution in [0.15, 0.2) is 0 Å². The lowest BCUT2D eigenvalue weighted by Gasteiger charge is -2.32. The highest BCUT2D eigenvalue weighted by molar-refractivity contribution is 4.63. The number of aliphatic hydroxyl groups is 2. The molecule has 0 aromatic rings. The van der Waals surface area contributed by atoms with Crippen molar-refractivity contribution in [3.63, 3.8) is 0 Å². The Kier molecular flexibility index (Phi) is 3.46. The van der Waals surface area contributed by atoms with Crippen LogP contribution < -0.4 is 0 Å². The van der Waals surface area contributed by atoms with E-state index in [1.165, 1.54) is 0 Å². The summed E-state index contributed by atoms with van der Waals surface area (Å²) in [4.78, 5) is 0. The van der Waals surface area contributed by atoms with E-state index in [1.807, 2.05) is 6.92 Å². The maximum Gasteiger partial charge on any atom is 0.163 e. The van der Waals surface area contributed by atoms with Gasteiger partial charge >= 0.3 is 0 Å². The highest BCUT2D eigenvalue weighted by Crippen LogP contribution is 2.19. The molecule has 0 saturated carbocycles. The molecule has 0 spiro atoms. The number of aliphatic hydroxyl groups excluding tert-OH is 2. The van der Waals surface area contributed by atoms with Crippen molar-refractivity contribution in [2.75, 3.05) is 0 Å². The average molecular weight is 176 g/mol. The summed E-state index contributed by atoms with van der Waals surface area (Å²) in [5.41, 5.74) is 0. The van der Waals surface area contributed by atoms with E-state index >= 15 is 0 Å². The van der Waals surface area contributed by atoms with Crippen molar-refractivity contribution < 1.29 is 19.7 Å². The van der Waals surface area contributed by atoms with Crippen molar-refractivity contribution in [3.8, 4) is 0 Å². The van der Waals surface area contributed by atoms with Gasteiger partial charge in [0.1, 0.15) is 0 Å². The van der Waals surface area contributed by atoms with Crippen LogP contribution in [-0.2, 0) is 9.47 Å². The maximum atomic E-state index is 9.18. The Balaban J connectivity index is 2.34. The molecule has 4 nitrogen and oxygen atoms in total. The highest BCUT2D eigenvalue weighted by atomic mass is 16.7. The van der Waals surface area contributed by atoms with E-state index < -0.39 is 18.7 Å². The Morgan fingerprint density at radius 3 is 2.67 bits per heavy atom. The average Bonchev–Trinajstić information content (AvgIpc) is 1.81. The quantitative estimate of drug-likeness (QED) is 0.632. The smallest absolute Gasteiger partial charge is 0.163 e. The van der Waals surface area contributed by atoms with Crippen LogP contribution in [0.4, 0.5) is 0 Å². The zero-order valence-electron chi connectivity index (χ0n) is 7.43. The van der Waals surface area contributed by atoms with Gasteiger partial charge in [0, 0.05) is 12.8 Å². The first kappa shape index (κ1) is 9.92. The zero-order valence-corrected chi connectivity index (χ0v) is 7.43. The predicted molar refractivity (Wildman–Crippen MR) is 42.3 cm³/mol. The fraction of sp³-hybridized carbons (Fsp3) is 1.00. The first-order chi connectivity index (χ1) is 5.58. The van der Waals surface area contributed by atoms with Crippen molar-refractivity contribution >= 4 is 0 Å². The van der Waals surface area contributed by atoms with Gasteiger partial charge in [-0.3, -0.25) is 0 Å². The molecular weight excluding hydrogens is 160 g/mol. The molecule has 0 radical (unpaired) electrons. The lowest BCUT2D eigenvalue weighted by Crippen LogP contribution is -2.38. The Bertz CT molecular complexity index is 124. The summed E-state index contributed by atoms with van der Waals surface area (Å²) in [7, 11) is 0. The third-order valence-electron chi connectivity index (χ3n) is 1.76. The first-order valence-corrected chi connectivity index (χ1v) is 4.25. The molecule has 0 aromatic carbocycles. The molecule has 0 amide bonds. The van der Waals surface area contributed by atoms with Crippen LogP contribution in [0.2, 0.25) is 0 Å². The molecular formula is C8H16O4. The second-order valence-electron chi connectivity index (χ2n) is 3.29. The van der Waals surface area contributed by atoms with E-state index in [1.54, 1.807) is 6.92 Å². The SMILES string of the molecule is C[C@@H]1CC(O)OC(C[C@@H](C)O)O1. The number of ether oxygens (including phenoxy) is 2. The van der Waals surface area contributed by atoms with Gasteiger partial charge in [0.15, 0.2) is 12.6 Å². The van der Waals surface area contributed by atoms with Crippen LogP contribution in [0.1, 0.15) is 26.7 Å². The molecule has 2 N–H and O–H groups in total. The normalized spacial score (nSPS) is 39.5. The van der Waals surface area contributed by atoms with Crippen LogP contribution in [0.25, 0.3) is 0 Å². The Hall–Kier alpha value is -0.160. The van der Waals surface area contributed by atoms with E-state index in [0.29, 0.717) is 12.8 Å². The van der Waals surface area contributed by atoms with Crippen molar-refractivity contribution in [2.24, 2.45) is 0 Å². The van der Waals surface area contributed by atoms with Gasteiger partial charge in [-0.25, -0.2) is 0 Å². The maximum absolute atomic E-state index is 9.18. The van der Waals surface area contributed by atoms with Gasteiger partial charge in [-0.15, -0.1) is 0 Å². The molecule has 1 rings (SSSR count). The van der Waals surface area contributed by atoms with E-state index in [0.717, 1.165) is 0 Å². The van der Waals surface area contributed by atoms with E-state index in [9.17, 15) is 5.11 Å².